The standard InChI is InChI=1S/C12H14F3NO3S/c1-20(18,19)16-7-10(17)6-11(16)8-3-2-4-9(5-8)12(13,14)15/h2-5,10-11,17H,6-7H2,1H3. The topological polar surface area (TPSA) is 57.6 Å². The van der Waals surface area contributed by atoms with E-state index in [1.807, 2.05) is 0 Å². The molecule has 8 heteroatoms. The summed E-state index contributed by atoms with van der Waals surface area (Å²) in [7, 11) is -3.59. The van der Waals surface area contributed by atoms with Gasteiger partial charge in [0.25, 0.3) is 0 Å². The number of benzene rings is 1. The van der Waals surface area contributed by atoms with Gasteiger partial charge in [0, 0.05) is 6.54 Å². The van der Waals surface area contributed by atoms with Crippen molar-refractivity contribution in [1.29, 1.82) is 0 Å². The maximum absolute atomic E-state index is 12.7. The predicted molar refractivity (Wildman–Crippen MR) is 66.4 cm³/mol. The number of hydrogen-bond acceptors (Lipinski definition) is 3. The fourth-order valence-corrected chi connectivity index (χ4v) is 3.49. The molecule has 1 aliphatic heterocycles. The molecule has 0 aromatic heterocycles. The highest BCUT2D eigenvalue weighted by atomic mass is 32.2. The molecule has 1 aromatic carbocycles. The van der Waals surface area contributed by atoms with E-state index in [0.29, 0.717) is 0 Å². The van der Waals surface area contributed by atoms with Crippen LogP contribution in [-0.4, -0.2) is 36.7 Å². The van der Waals surface area contributed by atoms with Gasteiger partial charge in [-0.05, 0) is 24.1 Å². The van der Waals surface area contributed by atoms with Crippen molar-refractivity contribution >= 4 is 10.0 Å². The third-order valence-electron chi connectivity index (χ3n) is 3.26. The van der Waals surface area contributed by atoms with E-state index < -0.39 is 33.9 Å². The van der Waals surface area contributed by atoms with Crippen molar-refractivity contribution in [2.75, 3.05) is 12.8 Å². The Balaban J connectivity index is 2.40. The minimum Gasteiger partial charge on any atom is -0.392 e. The van der Waals surface area contributed by atoms with Gasteiger partial charge in [-0.3, -0.25) is 0 Å². The van der Waals surface area contributed by atoms with Crippen LogP contribution in [0, 0.1) is 0 Å². The van der Waals surface area contributed by atoms with E-state index in [4.69, 9.17) is 0 Å². The lowest BCUT2D eigenvalue weighted by Crippen LogP contribution is -2.30. The van der Waals surface area contributed by atoms with Crippen LogP contribution in [0.5, 0.6) is 0 Å². The second-order valence-electron chi connectivity index (χ2n) is 4.86. The maximum Gasteiger partial charge on any atom is 0.416 e. The van der Waals surface area contributed by atoms with Crippen LogP contribution < -0.4 is 0 Å². The first-order chi connectivity index (χ1) is 9.09. The van der Waals surface area contributed by atoms with Crippen LogP contribution >= 0.6 is 0 Å². The minimum atomic E-state index is -4.48. The number of β-amino-alcohol motifs (C(OH)–C–C–N with tert-alkyl or cyclic N) is 1. The lowest BCUT2D eigenvalue weighted by molar-refractivity contribution is -0.137. The molecule has 0 amide bonds. The third kappa shape index (κ3) is 3.13. The molecule has 1 saturated heterocycles. The van der Waals surface area contributed by atoms with Gasteiger partial charge in [0.05, 0.1) is 24.0 Å². The molecular weight excluding hydrogens is 295 g/mol. The van der Waals surface area contributed by atoms with Gasteiger partial charge in [-0.25, -0.2) is 8.42 Å². The van der Waals surface area contributed by atoms with E-state index >= 15 is 0 Å². The molecule has 0 spiro atoms. The average molecular weight is 309 g/mol. The van der Waals surface area contributed by atoms with E-state index in [1.165, 1.54) is 12.1 Å². The van der Waals surface area contributed by atoms with E-state index in [0.717, 1.165) is 22.7 Å². The van der Waals surface area contributed by atoms with Crippen molar-refractivity contribution in [2.24, 2.45) is 0 Å². The van der Waals surface area contributed by atoms with Crippen molar-refractivity contribution in [3.8, 4) is 0 Å². The Labute approximate surface area is 114 Å². The van der Waals surface area contributed by atoms with E-state index in [9.17, 15) is 26.7 Å². The summed E-state index contributed by atoms with van der Waals surface area (Å²) in [6.07, 6.45) is -4.28. The molecule has 4 nitrogen and oxygen atoms in total. The fourth-order valence-electron chi connectivity index (χ4n) is 2.38. The third-order valence-corrected chi connectivity index (χ3v) is 4.51. The highest BCUT2D eigenvalue weighted by Crippen LogP contribution is 2.37. The number of alkyl halides is 3. The van der Waals surface area contributed by atoms with Gasteiger partial charge in [-0.2, -0.15) is 17.5 Å². The van der Waals surface area contributed by atoms with Crippen molar-refractivity contribution in [3.05, 3.63) is 35.4 Å². The summed E-state index contributed by atoms with van der Waals surface area (Å²) in [6, 6.07) is 3.78. The van der Waals surface area contributed by atoms with Gasteiger partial charge in [0.2, 0.25) is 10.0 Å². The van der Waals surface area contributed by atoms with Crippen LogP contribution in [0.4, 0.5) is 13.2 Å². The smallest absolute Gasteiger partial charge is 0.392 e. The Morgan fingerprint density at radius 1 is 1.35 bits per heavy atom. The number of hydrogen-bond donors (Lipinski definition) is 1. The molecule has 1 fully saturated rings. The fraction of sp³-hybridized carbons (Fsp3) is 0.500. The van der Waals surface area contributed by atoms with Crippen molar-refractivity contribution < 1.29 is 26.7 Å². The first kappa shape index (κ1) is 15.3. The number of aliphatic hydroxyl groups excluding tert-OH is 1. The quantitative estimate of drug-likeness (QED) is 0.906. The second kappa shape index (κ2) is 5.01. The largest absolute Gasteiger partial charge is 0.416 e. The van der Waals surface area contributed by atoms with Crippen molar-refractivity contribution in [2.45, 2.75) is 24.7 Å². The predicted octanol–water partition coefficient (Wildman–Crippen LogP) is 1.77. The van der Waals surface area contributed by atoms with Gasteiger partial charge in [-0.15, -0.1) is 0 Å². The molecule has 2 unspecified atom stereocenters. The highest BCUT2D eigenvalue weighted by Gasteiger charge is 2.39. The monoisotopic (exact) mass is 309 g/mol. The summed E-state index contributed by atoms with van der Waals surface area (Å²) in [5, 5.41) is 9.60. The lowest BCUT2D eigenvalue weighted by atomic mass is 10.0. The second-order valence-corrected chi connectivity index (χ2v) is 6.80. The number of nitrogens with zero attached hydrogens (tertiary/aromatic N) is 1. The van der Waals surface area contributed by atoms with Gasteiger partial charge < -0.3 is 5.11 Å². The summed E-state index contributed by atoms with van der Waals surface area (Å²) in [6.45, 7) is -0.0975. The summed E-state index contributed by atoms with van der Waals surface area (Å²) in [5.74, 6) is 0. The molecule has 0 bridgehead atoms. The van der Waals surface area contributed by atoms with Gasteiger partial charge in [-0.1, -0.05) is 12.1 Å². The Kier molecular flexibility index (Phi) is 3.83. The highest BCUT2D eigenvalue weighted by molar-refractivity contribution is 7.88. The summed E-state index contributed by atoms with van der Waals surface area (Å²) in [4.78, 5) is 0. The molecule has 20 heavy (non-hydrogen) atoms. The lowest BCUT2D eigenvalue weighted by Gasteiger charge is -2.22. The molecular formula is C12H14F3NO3S. The zero-order chi connectivity index (χ0) is 15.1. The van der Waals surface area contributed by atoms with Crippen molar-refractivity contribution in [3.63, 3.8) is 0 Å². The number of aliphatic hydroxyl groups is 1. The van der Waals surface area contributed by atoms with Crippen LogP contribution in [-0.2, 0) is 16.2 Å². The van der Waals surface area contributed by atoms with E-state index in [-0.39, 0.29) is 18.5 Å². The summed E-state index contributed by atoms with van der Waals surface area (Å²) < 4.78 is 62.4. The van der Waals surface area contributed by atoms with E-state index in [1.54, 1.807) is 0 Å². The number of halogens is 3. The van der Waals surface area contributed by atoms with Crippen LogP contribution in [0.25, 0.3) is 0 Å². The number of rotatable bonds is 2. The molecule has 1 N–H and O–H groups in total. The van der Waals surface area contributed by atoms with Crippen LogP contribution in [0.3, 0.4) is 0 Å². The number of sulfonamides is 1. The van der Waals surface area contributed by atoms with Crippen LogP contribution in [0.1, 0.15) is 23.6 Å². The Hall–Kier alpha value is -1.12. The zero-order valence-electron chi connectivity index (χ0n) is 10.6. The van der Waals surface area contributed by atoms with Crippen LogP contribution in [0.2, 0.25) is 0 Å². The first-order valence-corrected chi connectivity index (χ1v) is 7.76. The molecule has 0 aliphatic carbocycles. The van der Waals surface area contributed by atoms with Crippen molar-refractivity contribution in [1.82, 2.24) is 4.31 Å². The Morgan fingerprint density at radius 2 is 2.00 bits per heavy atom. The van der Waals surface area contributed by atoms with E-state index in [2.05, 4.69) is 0 Å². The molecule has 1 heterocycles. The SMILES string of the molecule is CS(=O)(=O)N1CC(O)CC1c1cccc(C(F)(F)F)c1. The summed E-state index contributed by atoms with van der Waals surface area (Å²) in [5.41, 5.74) is -0.591. The minimum absolute atomic E-state index is 0.0916. The van der Waals surface area contributed by atoms with Gasteiger partial charge in [0.15, 0.2) is 0 Å². The maximum atomic E-state index is 12.7. The summed E-state index contributed by atoms with van der Waals surface area (Å²) >= 11 is 0. The Morgan fingerprint density at radius 3 is 2.55 bits per heavy atom. The first-order valence-electron chi connectivity index (χ1n) is 5.91. The average Bonchev–Trinajstić information content (AvgIpc) is 2.70. The molecule has 1 aliphatic rings. The molecule has 2 atom stereocenters. The molecule has 112 valence electrons. The molecule has 0 saturated carbocycles. The molecule has 2 rings (SSSR count). The van der Waals surface area contributed by atoms with Crippen LogP contribution in [0.15, 0.2) is 24.3 Å². The van der Waals surface area contributed by atoms with Gasteiger partial charge in [0.1, 0.15) is 0 Å². The molecule has 1 aromatic rings. The zero-order valence-corrected chi connectivity index (χ0v) is 11.4. The van der Waals surface area contributed by atoms with Gasteiger partial charge >= 0.3 is 6.18 Å². The molecule has 0 radical (unpaired) electrons. The Bertz CT molecular complexity index is 600. The normalized spacial score (nSPS) is 25.1.